The highest BCUT2D eigenvalue weighted by atomic mass is 16.3. The van der Waals surface area contributed by atoms with Crippen LogP contribution in [-0.2, 0) is 0 Å². The van der Waals surface area contributed by atoms with Crippen LogP contribution in [0.4, 0.5) is 0 Å². The predicted molar refractivity (Wildman–Crippen MR) is 75.8 cm³/mol. The van der Waals surface area contributed by atoms with Gasteiger partial charge >= 0.3 is 0 Å². The molecule has 18 heavy (non-hydrogen) atoms. The second-order valence-electron chi connectivity index (χ2n) is 6.35. The van der Waals surface area contributed by atoms with E-state index in [2.05, 4.69) is 16.8 Å². The maximum atomic E-state index is 10.1. The third-order valence-electron chi connectivity index (χ3n) is 4.60. The molecule has 3 nitrogen and oxygen atoms in total. The van der Waals surface area contributed by atoms with E-state index in [9.17, 15) is 5.11 Å². The van der Waals surface area contributed by atoms with Gasteiger partial charge in [-0.2, -0.15) is 0 Å². The van der Waals surface area contributed by atoms with Crippen molar-refractivity contribution in [3.63, 3.8) is 0 Å². The van der Waals surface area contributed by atoms with Crippen LogP contribution < -0.4 is 0 Å². The highest BCUT2D eigenvalue weighted by Gasteiger charge is 2.20. The van der Waals surface area contributed by atoms with Crippen LogP contribution in [0.2, 0.25) is 0 Å². The molecule has 1 saturated carbocycles. The standard InChI is InChI=1S/C15H30N2O/c1-16(10-11-17-8-4-5-9-17)13-15(18)12-14-6-2-3-7-14/h14-15,18H,2-13H2,1H3. The maximum absolute atomic E-state index is 10.1. The molecular formula is C15H30N2O. The van der Waals surface area contributed by atoms with E-state index in [1.807, 2.05) is 0 Å². The Morgan fingerprint density at radius 3 is 2.50 bits per heavy atom. The van der Waals surface area contributed by atoms with Gasteiger partial charge in [-0.15, -0.1) is 0 Å². The molecule has 1 N–H and O–H groups in total. The summed E-state index contributed by atoms with van der Waals surface area (Å²) in [6.07, 6.45) is 9.08. The predicted octanol–water partition coefficient (Wildman–Crippen LogP) is 1.96. The molecular weight excluding hydrogens is 224 g/mol. The van der Waals surface area contributed by atoms with Gasteiger partial charge in [-0.3, -0.25) is 0 Å². The van der Waals surface area contributed by atoms with E-state index < -0.39 is 0 Å². The number of aliphatic hydroxyl groups excluding tert-OH is 1. The van der Waals surface area contributed by atoms with Gasteiger partial charge in [-0.25, -0.2) is 0 Å². The fourth-order valence-corrected chi connectivity index (χ4v) is 3.47. The van der Waals surface area contributed by atoms with E-state index in [1.54, 1.807) is 0 Å². The highest BCUT2D eigenvalue weighted by Crippen LogP contribution is 2.28. The van der Waals surface area contributed by atoms with Crippen molar-refractivity contribution in [2.75, 3.05) is 39.8 Å². The Balaban J connectivity index is 1.55. The van der Waals surface area contributed by atoms with Crippen molar-refractivity contribution >= 4 is 0 Å². The molecule has 2 fully saturated rings. The first-order valence-corrected chi connectivity index (χ1v) is 7.83. The van der Waals surface area contributed by atoms with Crippen LogP contribution in [0.3, 0.4) is 0 Å². The molecule has 1 aliphatic carbocycles. The fraction of sp³-hybridized carbons (Fsp3) is 1.00. The van der Waals surface area contributed by atoms with Crippen molar-refractivity contribution in [3.05, 3.63) is 0 Å². The van der Waals surface area contributed by atoms with E-state index in [0.717, 1.165) is 25.4 Å². The summed E-state index contributed by atoms with van der Waals surface area (Å²) in [5.74, 6) is 0.798. The minimum absolute atomic E-state index is 0.114. The first-order valence-electron chi connectivity index (χ1n) is 7.83. The van der Waals surface area contributed by atoms with E-state index >= 15 is 0 Å². The maximum Gasteiger partial charge on any atom is 0.0669 e. The quantitative estimate of drug-likeness (QED) is 0.752. The lowest BCUT2D eigenvalue weighted by molar-refractivity contribution is 0.0980. The number of hydrogen-bond acceptors (Lipinski definition) is 3. The second kappa shape index (κ2) is 7.46. The van der Waals surface area contributed by atoms with Crippen LogP contribution >= 0.6 is 0 Å². The first-order chi connectivity index (χ1) is 8.74. The molecule has 0 spiro atoms. The van der Waals surface area contributed by atoms with Gasteiger partial charge in [0.25, 0.3) is 0 Å². The lowest BCUT2D eigenvalue weighted by Gasteiger charge is -2.24. The van der Waals surface area contributed by atoms with Crippen molar-refractivity contribution in [1.82, 2.24) is 9.80 Å². The monoisotopic (exact) mass is 254 g/mol. The topological polar surface area (TPSA) is 26.7 Å². The van der Waals surface area contributed by atoms with Gasteiger partial charge < -0.3 is 14.9 Å². The molecule has 0 aromatic heterocycles. The summed E-state index contributed by atoms with van der Waals surface area (Å²) in [6, 6.07) is 0. The number of hydrogen-bond donors (Lipinski definition) is 1. The van der Waals surface area contributed by atoms with Crippen molar-refractivity contribution in [3.8, 4) is 0 Å². The zero-order valence-electron chi connectivity index (χ0n) is 12.0. The van der Waals surface area contributed by atoms with Crippen LogP contribution in [0.5, 0.6) is 0 Å². The van der Waals surface area contributed by atoms with Crippen LogP contribution in [0.15, 0.2) is 0 Å². The first kappa shape index (κ1) is 14.3. The average Bonchev–Trinajstić information content (AvgIpc) is 2.98. The second-order valence-corrected chi connectivity index (χ2v) is 6.35. The number of rotatable bonds is 7. The Hall–Kier alpha value is -0.120. The molecule has 0 bridgehead atoms. The molecule has 0 aromatic carbocycles. The van der Waals surface area contributed by atoms with Crippen molar-refractivity contribution in [1.29, 1.82) is 0 Å². The molecule has 0 radical (unpaired) electrons. The van der Waals surface area contributed by atoms with E-state index in [4.69, 9.17) is 0 Å². The molecule has 1 saturated heterocycles. The number of likely N-dealkylation sites (N-methyl/N-ethyl adjacent to an activating group) is 1. The summed E-state index contributed by atoms with van der Waals surface area (Å²) >= 11 is 0. The Bertz CT molecular complexity index is 223. The average molecular weight is 254 g/mol. The number of nitrogens with zero attached hydrogens (tertiary/aromatic N) is 2. The zero-order valence-corrected chi connectivity index (χ0v) is 12.0. The van der Waals surface area contributed by atoms with Crippen molar-refractivity contribution < 1.29 is 5.11 Å². The summed E-state index contributed by atoms with van der Waals surface area (Å²) in [4.78, 5) is 4.85. The third kappa shape index (κ3) is 4.87. The molecule has 3 heteroatoms. The smallest absolute Gasteiger partial charge is 0.0669 e. The van der Waals surface area contributed by atoms with Gasteiger partial charge in [0, 0.05) is 19.6 Å². The molecule has 0 amide bonds. The highest BCUT2D eigenvalue weighted by molar-refractivity contribution is 4.73. The van der Waals surface area contributed by atoms with Crippen LogP contribution in [0.1, 0.15) is 44.9 Å². The minimum atomic E-state index is -0.114. The summed E-state index contributed by atoms with van der Waals surface area (Å²) in [6.45, 7) is 5.68. The third-order valence-corrected chi connectivity index (χ3v) is 4.60. The minimum Gasteiger partial charge on any atom is -0.392 e. The lowest BCUT2D eigenvalue weighted by Crippen LogP contribution is -2.36. The normalized spacial score (nSPS) is 24.2. The molecule has 1 heterocycles. The fourth-order valence-electron chi connectivity index (χ4n) is 3.47. The molecule has 1 unspecified atom stereocenters. The van der Waals surface area contributed by atoms with Crippen molar-refractivity contribution in [2.45, 2.75) is 51.0 Å². The summed E-state index contributed by atoms with van der Waals surface area (Å²) in [5, 5.41) is 10.1. The van der Waals surface area contributed by atoms with Gasteiger partial charge in [-0.1, -0.05) is 25.7 Å². The van der Waals surface area contributed by atoms with Gasteiger partial charge in [0.05, 0.1) is 6.10 Å². The molecule has 1 atom stereocenters. The Labute approximate surface area is 112 Å². The Morgan fingerprint density at radius 1 is 1.17 bits per heavy atom. The van der Waals surface area contributed by atoms with E-state index in [1.165, 1.54) is 58.2 Å². The molecule has 2 rings (SSSR count). The Kier molecular flexibility index (Phi) is 5.93. The van der Waals surface area contributed by atoms with Gasteiger partial charge in [0.2, 0.25) is 0 Å². The van der Waals surface area contributed by atoms with Crippen LogP contribution in [0.25, 0.3) is 0 Å². The largest absolute Gasteiger partial charge is 0.392 e. The molecule has 2 aliphatic rings. The van der Waals surface area contributed by atoms with Crippen LogP contribution in [-0.4, -0.2) is 60.8 Å². The molecule has 1 aliphatic heterocycles. The summed E-state index contributed by atoms with van der Waals surface area (Å²) in [7, 11) is 2.15. The lowest BCUT2D eigenvalue weighted by atomic mass is 10.00. The number of likely N-dealkylation sites (tertiary alicyclic amines) is 1. The number of aliphatic hydroxyl groups is 1. The molecule has 106 valence electrons. The van der Waals surface area contributed by atoms with Crippen LogP contribution in [0, 0.1) is 5.92 Å². The summed E-state index contributed by atoms with van der Waals surface area (Å²) < 4.78 is 0. The van der Waals surface area contributed by atoms with E-state index in [-0.39, 0.29) is 6.10 Å². The Morgan fingerprint density at radius 2 is 1.83 bits per heavy atom. The van der Waals surface area contributed by atoms with Gasteiger partial charge in [-0.05, 0) is 45.3 Å². The summed E-state index contributed by atoms with van der Waals surface area (Å²) in [5.41, 5.74) is 0. The SMILES string of the molecule is CN(CCN1CCCC1)CC(O)CC1CCCC1. The molecule has 0 aromatic rings. The zero-order chi connectivity index (χ0) is 12.8. The van der Waals surface area contributed by atoms with Gasteiger partial charge in [0.15, 0.2) is 0 Å². The van der Waals surface area contributed by atoms with Gasteiger partial charge in [0.1, 0.15) is 0 Å². The van der Waals surface area contributed by atoms with E-state index in [0.29, 0.717) is 0 Å². The van der Waals surface area contributed by atoms with Crippen molar-refractivity contribution in [2.24, 2.45) is 5.92 Å².